The molecule has 2 aromatic rings. The van der Waals surface area contributed by atoms with Crippen molar-refractivity contribution in [2.75, 3.05) is 0 Å². The Balaban J connectivity index is 2.14. The molecule has 6 nitrogen and oxygen atoms in total. The van der Waals surface area contributed by atoms with Gasteiger partial charge < -0.3 is 4.42 Å². The molecule has 1 aromatic heterocycles. The van der Waals surface area contributed by atoms with E-state index in [4.69, 9.17) is 4.42 Å². The highest BCUT2D eigenvalue weighted by Crippen LogP contribution is 2.13. The summed E-state index contributed by atoms with van der Waals surface area (Å²) in [6.07, 6.45) is 1.73. The fraction of sp³-hybridized carbons (Fsp3) is 0.111. The van der Waals surface area contributed by atoms with E-state index in [1.807, 2.05) is 0 Å². The summed E-state index contributed by atoms with van der Waals surface area (Å²) in [5, 5.41) is 17.7. The average Bonchev–Trinajstić information content (AvgIpc) is 2.71. The van der Waals surface area contributed by atoms with Gasteiger partial charge in [-0.2, -0.15) is 0 Å². The molecule has 0 radical (unpaired) electrons. The third-order valence-corrected chi connectivity index (χ3v) is 1.91. The van der Waals surface area contributed by atoms with Crippen molar-refractivity contribution in [1.82, 2.24) is 10.2 Å². The van der Waals surface area contributed by atoms with Crippen molar-refractivity contribution in [2.45, 2.75) is 6.42 Å². The molecule has 0 fully saturated rings. The number of nitro benzene ring substituents is 1. The monoisotopic (exact) mass is 205 g/mol. The summed E-state index contributed by atoms with van der Waals surface area (Å²) in [5.74, 6) is 0.490. The minimum Gasteiger partial charge on any atom is -0.428 e. The lowest BCUT2D eigenvalue weighted by molar-refractivity contribution is -0.384. The van der Waals surface area contributed by atoms with E-state index in [0.29, 0.717) is 12.3 Å². The van der Waals surface area contributed by atoms with Gasteiger partial charge in [-0.05, 0) is 5.56 Å². The number of hydrogen-bond acceptors (Lipinski definition) is 5. The summed E-state index contributed by atoms with van der Waals surface area (Å²) in [4.78, 5) is 9.96. The SMILES string of the molecule is O=[N+]([O-])c1ccc(Cc2nnco2)cc1. The van der Waals surface area contributed by atoms with Crippen LogP contribution in [-0.2, 0) is 6.42 Å². The topological polar surface area (TPSA) is 82.1 Å². The smallest absolute Gasteiger partial charge is 0.269 e. The molecule has 0 atom stereocenters. The highest BCUT2D eigenvalue weighted by molar-refractivity contribution is 5.33. The van der Waals surface area contributed by atoms with Crippen molar-refractivity contribution in [2.24, 2.45) is 0 Å². The summed E-state index contributed by atoms with van der Waals surface area (Å²) in [5.41, 5.74) is 0.967. The summed E-state index contributed by atoms with van der Waals surface area (Å²) >= 11 is 0. The quantitative estimate of drug-likeness (QED) is 0.561. The van der Waals surface area contributed by atoms with Gasteiger partial charge in [-0.15, -0.1) is 10.2 Å². The van der Waals surface area contributed by atoms with Crippen molar-refractivity contribution in [3.05, 3.63) is 52.2 Å². The van der Waals surface area contributed by atoms with Crippen LogP contribution in [-0.4, -0.2) is 15.1 Å². The Kier molecular flexibility index (Phi) is 2.40. The van der Waals surface area contributed by atoms with Crippen molar-refractivity contribution in [1.29, 1.82) is 0 Å². The molecule has 1 heterocycles. The van der Waals surface area contributed by atoms with Crippen molar-refractivity contribution in [3.63, 3.8) is 0 Å². The zero-order valence-corrected chi connectivity index (χ0v) is 7.66. The second-order valence-corrected chi connectivity index (χ2v) is 2.93. The van der Waals surface area contributed by atoms with Crippen LogP contribution in [0.2, 0.25) is 0 Å². The van der Waals surface area contributed by atoms with Crippen LogP contribution in [0.5, 0.6) is 0 Å². The molecule has 2 rings (SSSR count). The van der Waals surface area contributed by atoms with E-state index < -0.39 is 4.92 Å². The Labute approximate surface area is 84.7 Å². The molecule has 0 bridgehead atoms. The second kappa shape index (κ2) is 3.87. The maximum atomic E-state index is 10.4. The average molecular weight is 205 g/mol. The molecular weight excluding hydrogens is 198 g/mol. The van der Waals surface area contributed by atoms with Crippen molar-refractivity contribution < 1.29 is 9.34 Å². The zero-order valence-electron chi connectivity index (χ0n) is 7.66. The molecule has 0 spiro atoms. The van der Waals surface area contributed by atoms with Crippen LogP contribution in [0.15, 0.2) is 35.1 Å². The van der Waals surface area contributed by atoms with Crippen LogP contribution in [0.4, 0.5) is 5.69 Å². The Bertz CT molecular complexity index is 450. The minimum absolute atomic E-state index is 0.0734. The van der Waals surface area contributed by atoms with Crippen LogP contribution in [0.3, 0.4) is 0 Å². The minimum atomic E-state index is -0.434. The lowest BCUT2D eigenvalue weighted by Gasteiger charge is -1.96. The number of nitro groups is 1. The van der Waals surface area contributed by atoms with Crippen molar-refractivity contribution in [3.8, 4) is 0 Å². The molecule has 1 aromatic carbocycles. The van der Waals surface area contributed by atoms with Crippen LogP contribution in [0.25, 0.3) is 0 Å². The predicted molar refractivity (Wildman–Crippen MR) is 50.2 cm³/mol. The van der Waals surface area contributed by atoms with E-state index in [1.54, 1.807) is 12.1 Å². The molecule has 76 valence electrons. The lowest BCUT2D eigenvalue weighted by Crippen LogP contribution is -1.91. The first kappa shape index (κ1) is 9.32. The standard InChI is InChI=1S/C9H7N3O3/c13-12(14)8-3-1-7(2-4-8)5-9-11-10-6-15-9/h1-4,6H,5H2. The van der Waals surface area contributed by atoms with Gasteiger partial charge in [0.25, 0.3) is 5.69 Å². The molecule has 0 unspecified atom stereocenters. The summed E-state index contributed by atoms with van der Waals surface area (Å²) in [6.45, 7) is 0. The number of non-ortho nitro benzene ring substituents is 1. The Hall–Kier alpha value is -2.24. The van der Waals surface area contributed by atoms with Crippen LogP contribution < -0.4 is 0 Å². The zero-order chi connectivity index (χ0) is 10.7. The number of aromatic nitrogens is 2. The molecule has 0 saturated carbocycles. The normalized spacial score (nSPS) is 10.1. The van der Waals surface area contributed by atoms with Gasteiger partial charge in [-0.25, -0.2) is 0 Å². The van der Waals surface area contributed by atoms with E-state index in [9.17, 15) is 10.1 Å². The third kappa shape index (κ3) is 2.16. The van der Waals surface area contributed by atoms with Gasteiger partial charge in [-0.1, -0.05) is 12.1 Å². The maximum Gasteiger partial charge on any atom is 0.269 e. The predicted octanol–water partition coefficient (Wildman–Crippen LogP) is 1.57. The fourth-order valence-electron chi connectivity index (χ4n) is 1.18. The van der Waals surface area contributed by atoms with Gasteiger partial charge in [0.15, 0.2) is 0 Å². The Morgan fingerprint density at radius 2 is 2.07 bits per heavy atom. The first-order valence-electron chi connectivity index (χ1n) is 4.24. The van der Waals surface area contributed by atoms with Crippen molar-refractivity contribution >= 4 is 5.69 Å². The Morgan fingerprint density at radius 1 is 1.33 bits per heavy atom. The van der Waals surface area contributed by atoms with E-state index in [0.717, 1.165) is 5.56 Å². The molecule has 0 amide bonds. The first-order chi connectivity index (χ1) is 7.25. The molecule has 0 N–H and O–H groups in total. The summed E-state index contributed by atoms with van der Waals surface area (Å²) in [6, 6.07) is 6.24. The van der Waals surface area contributed by atoms with Gasteiger partial charge in [0.1, 0.15) is 0 Å². The largest absolute Gasteiger partial charge is 0.428 e. The molecule has 15 heavy (non-hydrogen) atoms. The van der Waals surface area contributed by atoms with E-state index >= 15 is 0 Å². The number of nitrogens with zero attached hydrogens (tertiary/aromatic N) is 3. The number of benzene rings is 1. The lowest BCUT2D eigenvalue weighted by atomic mass is 10.1. The summed E-state index contributed by atoms with van der Waals surface area (Å²) < 4.78 is 4.96. The van der Waals surface area contributed by atoms with Gasteiger partial charge in [-0.3, -0.25) is 10.1 Å². The van der Waals surface area contributed by atoms with E-state index in [2.05, 4.69) is 10.2 Å². The molecule has 6 heteroatoms. The van der Waals surface area contributed by atoms with Crippen LogP contribution in [0, 0.1) is 10.1 Å². The van der Waals surface area contributed by atoms with Gasteiger partial charge >= 0.3 is 0 Å². The molecule has 0 aliphatic carbocycles. The molecule has 0 aliphatic rings. The summed E-state index contributed by atoms with van der Waals surface area (Å²) in [7, 11) is 0. The Morgan fingerprint density at radius 3 is 2.60 bits per heavy atom. The molecular formula is C9H7N3O3. The van der Waals surface area contributed by atoms with Gasteiger partial charge in [0.2, 0.25) is 12.3 Å². The van der Waals surface area contributed by atoms with Crippen LogP contribution in [0.1, 0.15) is 11.5 Å². The van der Waals surface area contributed by atoms with Gasteiger partial charge in [0, 0.05) is 12.1 Å². The first-order valence-corrected chi connectivity index (χ1v) is 4.24. The highest BCUT2D eigenvalue weighted by atomic mass is 16.6. The van der Waals surface area contributed by atoms with E-state index in [-0.39, 0.29) is 5.69 Å². The van der Waals surface area contributed by atoms with Crippen LogP contribution >= 0.6 is 0 Å². The van der Waals surface area contributed by atoms with Gasteiger partial charge in [0.05, 0.1) is 11.3 Å². The molecule has 0 aliphatic heterocycles. The number of rotatable bonds is 3. The fourth-order valence-corrected chi connectivity index (χ4v) is 1.18. The highest BCUT2D eigenvalue weighted by Gasteiger charge is 2.05. The maximum absolute atomic E-state index is 10.4. The molecule has 0 saturated heterocycles. The van der Waals surface area contributed by atoms with E-state index in [1.165, 1.54) is 18.5 Å². The third-order valence-electron chi connectivity index (χ3n) is 1.91. The second-order valence-electron chi connectivity index (χ2n) is 2.93. The number of hydrogen-bond donors (Lipinski definition) is 0.